The lowest BCUT2D eigenvalue weighted by Crippen LogP contribution is -2.34. The molecule has 0 fully saturated rings. The van der Waals surface area contributed by atoms with Gasteiger partial charge in [-0.05, 0) is 30.5 Å². The van der Waals surface area contributed by atoms with Gasteiger partial charge in [0.2, 0.25) is 5.91 Å². The molecule has 24 heavy (non-hydrogen) atoms. The normalized spacial score (nSPS) is 10.5. The Morgan fingerprint density at radius 1 is 1.33 bits per heavy atom. The number of hydrogen-bond donors (Lipinski definition) is 1. The fraction of sp³-hybridized carbons (Fsp3) is 0.353. The topological polar surface area (TPSA) is 67.2 Å². The maximum absolute atomic E-state index is 13.1. The van der Waals surface area contributed by atoms with E-state index in [0.29, 0.717) is 25.1 Å². The molecule has 1 aromatic carbocycles. The summed E-state index contributed by atoms with van der Waals surface area (Å²) in [6.45, 7) is 0.340. The minimum absolute atomic E-state index is 0.119. The highest BCUT2D eigenvalue weighted by atomic mass is 19.1. The molecular weight excluding hydrogens is 311 g/mol. The first-order valence-corrected chi connectivity index (χ1v) is 7.71. The lowest BCUT2D eigenvalue weighted by molar-refractivity contribution is -0.121. The molecule has 128 valence electrons. The molecule has 0 aliphatic heterocycles. The molecule has 0 spiro atoms. The van der Waals surface area contributed by atoms with Crippen molar-refractivity contribution in [2.24, 2.45) is 0 Å². The number of amides is 1. The molecule has 2 rings (SSSR count). The van der Waals surface area contributed by atoms with Gasteiger partial charge in [0.05, 0.1) is 11.9 Å². The second-order valence-corrected chi connectivity index (χ2v) is 5.69. The number of carbonyl (C=O) groups excluding carboxylic acids is 1. The molecule has 1 aromatic heterocycles. The van der Waals surface area contributed by atoms with E-state index >= 15 is 0 Å². The van der Waals surface area contributed by atoms with Gasteiger partial charge in [0.25, 0.3) is 5.56 Å². The van der Waals surface area contributed by atoms with Crippen LogP contribution in [0.4, 0.5) is 10.1 Å². The molecule has 0 bridgehead atoms. The molecule has 6 nitrogen and oxygen atoms in total. The molecule has 0 saturated carbocycles. The molecule has 1 amide bonds. The van der Waals surface area contributed by atoms with Gasteiger partial charge in [0.15, 0.2) is 0 Å². The summed E-state index contributed by atoms with van der Waals surface area (Å²) >= 11 is 0. The van der Waals surface area contributed by atoms with Crippen molar-refractivity contribution in [3.8, 4) is 0 Å². The molecule has 0 atom stereocenters. The summed E-state index contributed by atoms with van der Waals surface area (Å²) in [5, 5.41) is 6.72. The highest BCUT2D eigenvalue weighted by Gasteiger charge is 2.07. The Bertz CT molecular complexity index is 758. The summed E-state index contributed by atoms with van der Waals surface area (Å²) in [6, 6.07) is 7.83. The van der Waals surface area contributed by atoms with Crippen LogP contribution < -0.4 is 15.8 Å². The lowest BCUT2D eigenvalue weighted by Gasteiger charge is -2.12. The number of carbonyl (C=O) groups is 1. The van der Waals surface area contributed by atoms with Gasteiger partial charge in [-0.15, -0.1) is 0 Å². The zero-order chi connectivity index (χ0) is 17.5. The van der Waals surface area contributed by atoms with Crippen LogP contribution in [-0.2, 0) is 17.8 Å². The van der Waals surface area contributed by atoms with Crippen LogP contribution in [0.15, 0.2) is 41.3 Å². The number of nitrogens with one attached hydrogen (secondary N) is 1. The van der Waals surface area contributed by atoms with Crippen molar-refractivity contribution in [2.45, 2.75) is 19.4 Å². The van der Waals surface area contributed by atoms with Crippen LogP contribution in [-0.4, -0.2) is 36.3 Å². The summed E-state index contributed by atoms with van der Waals surface area (Å²) < 4.78 is 14.2. The van der Waals surface area contributed by atoms with Gasteiger partial charge >= 0.3 is 0 Å². The minimum Gasteiger partial charge on any atom is -0.376 e. The second kappa shape index (κ2) is 8.24. The zero-order valence-electron chi connectivity index (χ0n) is 13.8. The largest absolute Gasteiger partial charge is 0.376 e. The van der Waals surface area contributed by atoms with Crippen LogP contribution in [0.25, 0.3) is 0 Å². The third kappa shape index (κ3) is 5.19. The number of anilines is 1. The molecule has 7 heteroatoms. The molecule has 1 heterocycles. The van der Waals surface area contributed by atoms with Crippen molar-refractivity contribution >= 4 is 11.6 Å². The Kier molecular flexibility index (Phi) is 6.06. The van der Waals surface area contributed by atoms with Gasteiger partial charge in [0.1, 0.15) is 12.4 Å². The SMILES string of the molecule is CN(C)c1cnn(CC(=O)NCCCc2cccc(F)c2)c(=O)c1. The van der Waals surface area contributed by atoms with Crippen LogP contribution in [0.3, 0.4) is 0 Å². The first-order valence-electron chi connectivity index (χ1n) is 7.71. The van der Waals surface area contributed by atoms with Crippen molar-refractivity contribution in [1.29, 1.82) is 0 Å². The highest BCUT2D eigenvalue weighted by molar-refractivity contribution is 5.75. The average molecular weight is 332 g/mol. The van der Waals surface area contributed by atoms with Crippen molar-refractivity contribution in [3.05, 3.63) is 58.3 Å². The van der Waals surface area contributed by atoms with Crippen LogP contribution in [0, 0.1) is 5.82 Å². The van der Waals surface area contributed by atoms with Crippen LogP contribution in [0.5, 0.6) is 0 Å². The summed E-state index contributed by atoms with van der Waals surface area (Å²) in [5.41, 5.74) is 1.25. The first-order chi connectivity index (χ1) is 11.5. The minimum atomic E-state index is -0.323. The molecule has 0 unspecified atom stereocenters. The van der Waals surface area contributed by atoms with E-state index in [1.165, 1.54) is 18.2 Å². The number of halogens is 1. The molecule has 0 radical (unpaired) electrons. The Balaban J connectivity index is 1.78. The Labute approximate surface area is 139 Å². The van der Waals surface area contributed by atoms with E-state index in [9.17, 15) is 14.0 Å². The van der Waals surface area contributed by atoms with Gasteiger partial charge < -0.3 is 10.2 Å². The van der Waals surface area contributed by atoms with Gasteiger partial charge in [-0.25, -0.2) is 9.07 Å². The van der Waals surface area contributed by atoms with E-state index in [0.717, 1.165) is 10.2 Å². The van der Waals surface area contributed by atoms with E-state index in [1.807, 2.05) is 20.2 Å². The third-order valence-electron chi connectivity index (χ3n) is 3.52. The van der Waals surface area contributed by atoms with E-state index in [2.05, 4.69) is 10.4 Å². The fourth-order valence-electron chi connectivity index (χ4n) is 2.19. The number of benzene rings is 1. The lowest BCUT2D eigenvalue weighted by atomic mass is 10.1. The highest BCUT2D eigenvalue weighted by Crippen LogP contribution is 2.05. The van der Waals surface area contributed by atoms with Crippen molar-refractivity contribution < 1.29 is 9.18 Å². The molecule has 0 saturated heterocycles. The average Bonchev–Trinajstić information content (AvgIpc) is 2.53. The predicted molar refractivity (Wildman–Crippen MR) is 90.6 cm³/mol. The van der Waals surface area contributed by atoms with Crippen molar-refractivity contribution in [2.75, 3.05) is 25.5 Å². The fourth-order valence-corrected chi connectivity index (χ4v) is 2.19. The predicted octanol–water partition coefficient (Wildman–Crippen LogP) is 1.20. The van der Waals surface area contributed by atoms with Gasteiger partial charge in [0, 0.05) is 26.7 Å². The van der Waals surface area contributed by atoms with E-state index in [1.54, 1.807) is 17.2 Å². The summed E-state index contributed by atoms with van der Waals surface area (Å²) in [6.07, 6.45) is 2.91. The van der Waals surface area contributed by atoms with Crippen LogP contribution >= 0.6 is 0 Å². The maximum Gasteiger partial charge on any atom is 0.269 e. The summed E-state index contributed by atoms with van der Waals surface area (Å²) in [7, 11) is 3.62. The number of rotatable bonds is 7. The van der Waals surface area contributed by atoms with E-state index < -0.39 is 0 Å². The molecular formula is C17H21FN4O2. The number of aromatic nitrogens is 2. The number of hydrogen-bond acceptors (Lipinski definition) is 4. The standard InChI is InChI=1S/C17H21FN4O2/c1-21(2)15-10-17(24)22(20-11-15)12-16(23)19-8-4-6-13-5-3-7-14(18)9-13/h3,5,7,9-11H,4,6,8,12H2,1-2H3,(H,19,23). The van der Waals surface area contributed by atoms with Crippen LogP contribution in [0.1, 0.15) is 12.0 Å². The van der Waals surface area contributed by atoms with Gasteiger partial charge in [-0.3, -0.25) is 9.59 Å². The first kappa shape index (κ1) is 17.7. The number of nitrogens with zero attached hydrogens (tertiary/aromatic N) is 3. The second-order valence-electron chi connectivity index (χ2n) is 5.69. The zero-order valence-corrected chi connectivity index (χ0v) is 13.8. The van der Waals surface area contributed by atoms with E-state index in [4.69, 9.17) is 0 Å². The molecule has 0 aliphatic rings. The Morgan fingerprint density at radius 3 is 2.79 bits per heavy atom. The van der Waals surface area contributed by atoms with E-state index in [-0.39, 0.29) is 23.8 Å². The Hall–Kier alpha value is -2.70. The van der Waals surface area contributed by atoms with Crippen molar-refractivity contribution in [3.63, 3.8) is 0 Å². The third-order valence-corrected chi connectivity index (χ3v) is 3.52. The Morgan fingerprint density at radius 2 is 2.12 bits per heavy atom. The van der Waals surface area contributed by atoms with Crippen molar-refractivity contribution in [1.82, 2.24) is 15.1 Å². The maximum atomic E-state index is 13.1. The summed E-state index contributed by atoms with van der Waals surface area (Å²) in [4.78, 5) is 25.5. The molecule has 2 aromatic rings. The van der Waals surface area contributed by atoms with Gasteiger partial charge in [-0.1, -0.05) is 12.1 Å². The summed E-state index contributed by atoms with van der Waals surface area (Å²) in [5.74, 6) is -0.537. The quantitative estimate of drug-likeness (QED) is 0.774. The molecule has 0 aliphatic carbocycles. The smallest absolute Gasteiger partial charge is 0.269 e. The number of aryl methyl sites for hydroxylation is 1. The molecule has 1 N–H and O–H groups in total. The van der Waals surface area contributed by atoms with Crippen LogP contribution in [0.2, 0.25) is 0 Å². The monoisotopic (exact) mass is 332 g/mol. The van der Waals surface area contributed by atoms with Gasteiger partial charge in [-0.2, -0.15) is 5.10 Å².